The first kappa shape index (κ1) is 12.5. The zero-order valence-corrected chi connectivity index (χ0v) is 10.4. The third-order valence-corrected chi connectivity index (χ3v) is 3.36. The molecule has 2 fully saturated rings. The third-order valence-electron chi connectivity index (χ3n) is 3.36. The molecule has 2 heterocycles. The number of Topliss-reactive ketones (excluding diaryl/α,β-unsaturated/α-hetero) is 1. The summed E-state index contributed by atoms with van der Waals surface area (Å²) in [5.41, 5.74) is 0. The van der Waals surface area contributed by atoms with Gasteiger partial charge in [-0.3, -0.25) is 14.5 Å². The Morgan fingerprint density at radius 1 is 1.35 bits per heavy atom. The molecule has 0 aliphatic carbocycles. The monoisotopic (exact) mass is 240 g/mol. The molecule has 1 unspecified atom stereocenters. The van der Waals surface area contributed by atoms with E-state index in [9.17, 15) is 9.59 Å². The topological polar surface area (TPSA) is 49.9 Å². The van der Waals surface area contributed by atoms with Crippen LogP contribution in [0.1, 0.15) is 19.8 Å². The number of hydrogen-bond acceptors (Lipinski definition) is 4. The fourth-order valence-corrected chi connectivity index (χ4v) is 2.33. The molecule has 1 amide bonds. The van der Waals surface area contributed by atoms with Crippen LogP contribution in [0.2, 0.25) is 0 Å². The van der Waals surface area contributed by atoms with Crippen LogP contribution in [-0.4, -0.2) is 66.9 Å². The maximum absolute atomic E-state index is 12.0. The predicted octanol–water partition coefficient (Wildman–Crippen LogP) is -0.101. The lowest BCUT2D eigenvalue weighted by atomic mass is 10.1. The number of carbonyl (C=O) groups excluding carboxylic acids is 2. The second-order valence-corrected chi connectivity index (χ2v) is 4.84. The Balaban J connectivity index is 1.78. The van der Waals surface area contributed by atoms with Gasteiger partial charge in [0, 0.05) is 39.0 Å². The summed E-state index contributed by atoms with van der Waals surface area (Å²) in [5.74, 6) is 0.417. The van der Waals surface area contributed by atoms with Crippen molar-refractivity contribution in [2.45, 2.75) is 25.9 Å². The highest BCUT2D eigenvalue weighted by molar-refractivity contribution is 5.84. The van der Waals surface area contributed by atoms with Gasteiger partial charge in [0.25, 0.3) is 0 Å². The number of amides is 1. The summed E-state index contributed by atoms with van der Waals surface area (Å²) in [7, 11) is 0. The van der Waals surface area contributed by atoms with Crippen molar-refractivity contribution in [2.24, 2.45) is 0 Å². The molecule has 1 atom stereocenters. The molecule has 2 aliphatic heterocycles. The molecule has 0 N–H and O–H groups in total. The van der Waals surface area contributed by atoms with Crippen LogP contribution in [0.4, 0.5) is 0 Å². The zero-order chi connectivity index (χ0) is 12.3. The minimum absolute atomic E-state index is 0.145. The Labute approximate surface area is 102 Å². The quantitative estimate of drug-likeness (QED) is 0.676. The first-order valence-electron chi connectivity index (χ1n) is 6.28. The van der Waals surface area contributed by atoms with Gasteiger partial charge in [-0.1, -0.05) is 0 Å². The molecule has 0 aromatic carbocycles. The summed E-state index contributed by atoms with van der Waals surface area (Å²) in [4.78, 5) is 27.1. The van der Waals surface area contributed by atoms with Crippen molar-refractivity contribution >= 4 is 11.7 Å². The van der Waals surface area contributed by atoms with Crippen LogP contribution in [0, 0.1) is 0 Å². The van der Waals surface area contributed by atoms with E-state index in [0.29, 0.717) is 39.1 Å². The number of carbonyl (C=O) groups is 2. The third kappa shape index (κ3) is 3.51. The van der Waals surface area contributed by atoms with Crippen molar-refractivity contribution in [1.29, 1.82) is 0 Å². The first-order valence-corrected chi connectivity index (χ1v) is 6.28. The summed E-state index contributed by atoms with van der Waals surface area (Å²) in [6.45, 7) is 6.02. The van der Waals surface area contributed by atoms with Gasteiger partial charge in [0.15, 0.2) is 0 Å². The molecule has 0 saturated carbocycles. The summed E-state index contributed by atoms with van der Waals surface area (Å²) < 4.78 is 5.44. The molecule has 2 aliphatic rings. The molecule has 0 bridgehead atoms. The molecule has 0 spiro atoms. The lowest BCUT2D eigenvalue weighted by Crippen LogP contribution is -2.48. The van der Waals surface area contributed by atoms with E-state index in [1.807, 2.05) is 11.8 Å². The van der Waals surface area contributed by atoms with E-state index in [4.69, 9.17) is 4.74 Å². The van der Waals surface area contributed by atoms with Gasteiger partial charge in [-0.15, -0.1) is 0 Å². The second kappa shape index (κ2) is 5.60. The highest BCUT2D eigenvalue weighted by Gasteiger charge is 2.24. The number of rotatable bonds is 2. The average molecular weight is 240 g/mol. The van der Waals surface area contributed by atoms with E-state index in [-0.39, 0.29) is 17.8 Å². The van der Waals surface area contributed by atoms with Crippen LogP contribution in [0.15, 0.2) is 0 Å². The first-order chi connectivity index (χ1) is 8.15. The normalized spacial score (nSPS) is 27.2. The molecule has 0 aromatic rings. The van der Waals surface area contributed by atoms with Gasteiger partial charge in [-0.2, -0.15) is 0 Å². The van der Waals surface area contributed by atoms with Crippen LogP contribution in [0.3, 0.4) is 0 Å². The van der Waals surface area contributed by atoms with Crippen molar-refractivity contribution in [2.75, 3.05) is 39.3 Å². The van der Waals surface area contributed by atoms with Crippen LogP contribution >= 0.6 is 0 Å². The van der Waals surface area contributed by atoms with E-state index in [0.717, 1.165) is 13.1 Å². The van der Waals surface area contributed by atoms with Crippen molar-refractivity contribution in [3.05, 3.63) is 0 Å². The molecular formula is C12H20N2O3. The van der Waals surface area contributed by atoms with Crippen molar-refractivity contribution in [3.8, 4) is 0 Å². The minimum atomic E-state index is 0.145. The molecule has 5 heteroatoms. The number of ketones is 1. The lowest BCUT2D eigenvalue weighted by Gasteiger charge is -2.33. The maximum atomic E-state index is 12.0. The van der Waals surface area contributed by atoms with Crippen molar-refractivity contribution in [1.82, 2.24) is 9.80 Å². The summed E-state index contributed by atoms with van der Waals surface area (Å²) in [6.07, 6.45) is 1.25. The van der Waals surface area contributed by atoms with E-state index in [2.05, 4.69) is 4.90 Å². The van der Waals surface area contributed by atoms with Gasteiger partial charge < -0.3 is 9.64 Å². The molecule has 5 nitrogen and oxygen atoms in total. The van der Waals surface area contributed by atoms with Crippen molar-refractivity contribution in [3.63, 3.8) is 0 Å². The number of piperidine rings is 1. The van der Waals surface area contributed by atoms with Gasteiger partial charge in [0.05, 0.1) is 19.3 Å². The van der Waals surface area contributed by atoms with E-state index < -0.39 is 0 Å². The Hall–Kier alpha value is -0.940. The fraction of sp³-hybridized carbons (Fsp3) is 0.833. The Morgan fingerprint density at radius 2 is 2.06 bits per heavy atom. The molecule has 2 saturated heterocycles. The van der Waals surface area contributed by atoms with Gasteiger partial charge >= 0.3 is 0 Å². The molecule has 17 heavy (non-hydrogen) atoms. The molecule has 96 valence electrons. The number of morpholine rings is 1. The molecule has 0 radical (unpaired) electrons. The minimum Gasteiger partial charge on any atom is -0.376 e. The van der Waals surface area contributed by atoms with Crippen molar-refractivity contribution < 1.29 is 14.3 Å². The van der Waals surface area contributed by atoms with Gasteiger partial charge in [0.2, 0.25) is 5.91 Å². The molecule has 2 rings (SSSR count). The van der Waals surface area contributed by atoms with Gasteiger partial charge in [0.1, 0.15) is 5.78 Å². The van der Waals surface area contributed by atoms with E-state index in [1.54, 1.807) is 0 Å². The fourth-order valence-electron chi connectivity index (χ4n) is 2.33. The van der Waals surface area contributed by atoms with Gasteiger partial charge in [-0.25, -0.2) is 0 Å². The molecule has 0 aromatic heterocycles. The highest BCUT2D eigenvalue weighted by atomic mass is 16.5. The second-order valence-electron chi connectivity index (χ2n) is 4.84. The number of likely N-dealkylation sites (tertiary alicyclic amines) is 1. The standard InChI is InChI=1S/C12H20N2O3/c1-10-8-13(6-7-17-10)9-12(16)14-4-2-11(15)3-5-14/h10H,2-9H2,1H3. The summed E-state index contributed by atoms with van der Waals surface area (Å²) in [6, 6.07) is 0. The van der Waals surface area contributed by atoms with Crippen LogP contribution in [0.5, 0.6) is 0 Å². The average Bonchev–Trinajstić information content (AvgIpc) is 2.29. The molecular weight excluding hydrogens is 220 g/mol. The van der Waals surface area contributed by atoms with E-state index >= 15 is 0 Å². The Kier molecular flexibility index (Phi) is 4.12. The predicted molar refractivity (Wildman–Crippen MR) is 62.7 cm³/mol. The highest BCUT2D eigenvalue weighted by Crippen LogP contribution is 2.08. The number of nitrogens with zero attached hydrogens (tertiary/aromatic N) is 2. The SMILES string of the molecule is CC1CN(CC(=O)N2CCC(=O)CC2)CCO1. The lowest BCUT2D eigenvalue weighted by molar-refractivity contribution is -0.137. The number of hydrogen-bond donors (Lipinski definition) is 0. The Morgan fingerprint density at radius 3 is 2.71 bits per heavy atom. The maximum Gasteiger partial charge on any atom is 0.236 e. The van der Waals surface area contributed by atoms with Crippen LogP contribution < -0.4 is 0 Å². The van der Waals surface area contributed by atoms with Crippen LogP contribution in [-0.2, 0) is 14.3 Å². The zero-order valence-electron chi connectivity index (χ0n) is 10.4. The van der Waals surface area contributed by atoms with E-state index in [1.165, 1.54) is 0 Å². The van der Waals surface area contributed by atoms with Gasteiger partial charge in [-0.05, 0) is 6.92 Å². The largest absolute Gasteiger partial charge is 0.376 e. The Bertz CT molecular complexity index is 296. The smallest absolute Gasteiger partial charge is 0.236 e. The summed E-state index contributed by atoms with van der Waals surface area (Å²) in [5, 5.41) is 0. The number of ether oxygens (including phenoxy) is 1. The van der Waals surface area contributed by atoms with Crippen LogP contribution in [0.25, 0.3) is 0 Å². The summed E-state index contributed by atoms with van der Waals surface area (Å²) >= 11 is 0.